The average molecular weight is 531 g/mol. The van der Waals surface area contributed by atoms with Crippen LogP contribution < -0.4 is 0 Å². The Bertz CT molecular complexity index is 576. The molecule has 0 fully saturated rings. The standard InChI is InChI=1S/C36H70N2/c1-5-7-9-11-13-15-17-18-19-21-23-25-27-29-31-35(36(3,4)38-33-32-37-34-38)30-28-26-24-22-20-16-14-12-10-8-6-2/h32-35H,5-31H2,1-4H3. The Balaban J connectivity index is 2.15. The molecule has 0 aliphatic carbocycles. The molecule has 0 saturated heterocycles. The van der Waals surface area contributed by atoms with E-state index in [4.69, 9.17) is 0 Å². The quantitative estimate of drug-likeness (QED) is 0.0941. The normalized spacial score (nSPS) is 12.8. The molecule has 1 atom stereocenters. The van der Waals surface area contributed by atoms with Gasteiger partial charge in [0.25, 0.3) is 0 Å². The van der Waals surface area contributed by atoms with Crippen molar-refractivity contribution in [3.8, 4) is 0 Å². The Labute approximate surface area is 240 Å². The maximum absolute atomic E-state index is 4.37. The van der Waals surface area contributed by atoms with Crippen LogP contribution in [0.1, 0.15) is 201 Å². The number of nitrogens with zero attached hydrogens (tertiary/aromatic N) is 2. The van der Waals surface area contributed by atoms with E-state index in [0.29, 0.717) is 0 Å². The number of aromatic nitrogens is 2. The van der Waals surface area contributed by atoms with Gasteiger partial charge in [0, 0.05) is 17.9 Å². The SMILES string of the molecule is CCCCCCCCCCCCCCCCC(CCCCCCCCCCCCC)C(C)(C)n1ccnc1. The van der Waals surface area contributed by atoms with E-state index in [2.05, 4.69) is 43.4 Å². The maximum Gasteiger partial charge on any atom is 0.0951 e. The van der Waals surface area contributed by atoms with Crippen molar-refractivity contribution in [3.05, 3.63) is 18.7 Å². The van der Waals surface area contributed by atoms with Gasteiger partial charge in [-0.3, -0.25) is 0 Å². The van der Waals surface area contributed by atoms with Crippen molar-refractivity contribution in [2.45, 2.75) is 207 Å². The zero-order valence-electron chi connectivity index (χ0n) is 26.8. The third-order valence-corrected chi connectivity index (χ3v) is 9.23. The molecule has 0 aromatic carbocycles. The van der Waals surface area contributed by atoms with Gasteiger partial charge in [0.1, 0.15) is 0 Å². The molecule has 1 aromatic rings. The maximum atomic E-state index is 4.37. The zero-order valence-corrected chi connectivity index (χ0v) is 26.8. The van der Waals surface area contributed by atoms with Crippen molar-refractivity contribution in [2.75, 3.05) is 0 Å². The van der Waals surface area contributed by atoms with Gasteiger partial charge in [-0.15, -0.1) is 0 Å². The molecule has 0 N–H and O–H groups in total. The van der Waals surface area contributed by atoms with Gasteiger partial charge in [0.2, 0.25) is 0 Å². The summed E-state index contributed by atoms with van der Waals surface area (Å²) in [5.41, 5.74) is 0.172. The smallest absolute Gasteiger partial charge is 0.0951 e. The summed E-state index contributed by atoms with van der Waals surface area (Å²) in [6.45, 7) is 9.51. The van der Waals surface area contributed by atoms with E-state index in [1.807, 2.05) is 12.5 Å². The molecule has 38 heavy (non-hydrogen) atoms. The lowest BCUT2D eigenvalue weighted by atomic mass is 9.79. The van der Waals surface area contributed by atoms with E-state index in [1.165, 1.54) is 173 Å². The van der Waals surface area contributed by atoms with Crippen LogP contribution in [0.3, 0.4) is 0 Å². The second kappa shape index (κ2) is 25.2. The minimum Gasteiger partial charge on any atom is -0.332 e. The lowest BCUT2D eigenvalue weighted by Crippen LogP contribution is -2.34. The fourth-order valence-electron chi connectivity index (χ4n) is 6.30. The van der Waals surface area contributed by atoms with E-state index in [-0.39, 0.29) is 5.54 Å². The Morgan fingerprint density at radius 1 is 0.500 bits per heavy atom. The van der Waals surface area contributed by atoms with Crippen molar-refractivity contribution in [1.29, 1.82) is 0 Å². The van der Waals surface area contributed by atoms with Crippen LogP contribution in [0.4, 0.5) is 0 Å². The van der Waals surface area contributed by atoms with Crippen LogP contribution in [0.5, 0.6) is 0 Å². The second-order valence-corrected chi connectivity index (χ2v) is 13.0. The second-order valence-electron chi connectivity index (χ2n) is 13.0. The lowest BCUT2D eigenvalue weighted by Gasteiger charge is -2.36. The molecule has 0 radical (unpaired) electrons. The predicted octanol–water partition coefficient (Wildman–Crippen LogP) is 12.8. The van der Waals surface area contributed by atoms with Crippen LogP contribution in [-0.4, -0.2) is 9.55 Å². The predicted molar refractivity (Wildman–Crippen MR) is 171 cm³/mol. The molecule has 0 aliphatic heterocycles. The first-order valence-electron chi connectivity index (χ1n) is 17.6. The molecule has 1 rings (SSSR count). The molecule has 1 unspecified atom stereocenters. The highest BCUT2D eigenvalue weighted by molar-refractivity contribution is 4.90. The van der Waals surface area contributed by atoms with Crippen molar-refractivity contribution >= 4 is 0 Å². The average Bonchev–Trinajstić information content (AvgIpc) is 3.47. The van der Waals surface area contributed by atoms with E-state index in [1.54, 1.807) is 0 Å². The highest BCUT2D eigenvalue weighted by Crippen LogP contribution is 2.34. The molecule has 2 heteroatoms. The van der Waals surface area contributed by atoms with Gasteiger partial charge in [-0.1, -0.05) is 174 Å². The summed E-state index contributed by atoms with van der Waals surface area (Å²) in [6.07, 6.45) is 44.9. The van der Waals surface area contributed by atoms with E-state index >= 15 is 0 Å². The van der Waals surface area contributed by atoms with E-state index in [9.17, 15) is 0 Å². The molecule has 0 saturated carbocycles. The number of rotatable bonds is 29. The summed E-state index contributed by atoms with van der Waals surface area (Å²) >= 11 is 0. The Morgan fingerprint density at radius 3 is 1.11 bits per heavy atom. The summed E-state index contributed by atoms with van der Waals surface area (Å²) < 4.78 is 2.38. The number of hydrogen-bond acceptors (Lipinski definition) is 1. The Hall–Kier alpha value is -0.790. The van der Waals surface area contributed by atoms with Crippen LogP contribution >= 0.6 is 0 Å². The monoisotopic (exact) mass is 531 g/mol. The molecule has 0 bridgehead atoms. The van der Waals surface area contributed by atoms with Gasteiger partial charge in [0.05, 0.1) is 6.33 Å². The minimum atomic E-state index is 0.172. The fraction of sp³-hybridized carbons (Fsp3) is 0.917. The zero-order chi connectivity index (χ0) is 27.6. The lowest BCUT2D eigenvalue weighted by molar-refractivity contribution is 0.181. The Kier molecular flexibility index (Phi) is 23.4. The topological polar surface area (TPSA) is 17.8 Å². The van der Waals surface area contributed by atoms with Crippen LogP contribution in [0.25, 0.3) is 0 Å². The first-order valence-corrected chi connectivity index (χ1v) is 17.6. The number of hydrogen-bond donors (Lipinski definition) is 0. The summed E-state index contributed by atoms with van der Waals surface area (Å²) in [4.78, 5) is 4.37. The highest BCUT2D eigenvalue weighted by Gasteiger charge is 2.30. The molecule has 0 aliphatic rings. The van der Waals surface area contributed by atoms with Gasteiger partial charge in [-0.05, 0) is 32.6 Å². The molecule has 1 aromatic heterocycles. The molecule has 224 valence electrons. The minimum absolute atomic E-state index is 0.172. The van der Waals surface area contributed by atoms with Gasteiger partial charge >= 0.3 is 0 Å². The molecule has 0 spiro atoms. The third kappa shape index (κ3) is 18.5. The molecular formula is C36H70N2. The van der Waals surface area contributed by atoms with E-state index < -0.39 is 0 Å². The van der Waals surface area contributed by atoms with Crippen molar-refractivity contribution in [3.63, 3.8) is 0 Å². The number of imidazole rings is 1. The Morgan fingerprint density at radius 2 is 0.816 bits per heavy atom. The summed E-state index contributed by atoms with van der Waals surface area (Å²) in [6, 6.07) is 0. The molecule has 2 nitrogen and oxygen atoms in total. The van der Waals surface area contributed by atoms with Crippen molar-refractivity contribution in [2.24, 2.45) is 5.92 Å². The van der Waals surface area contributed by atoms with Gasteiger partial charge in [-0.25, -0.2) is 4.98 Å². The largest absolute Gasteiger partial charge is 0.332 e. The number of unbranched alkanes of at least 4 members (excludes halogenated alkanes) is 23. The molecule has 1 heterocycles. The first kappa shape index (κ1) is 35.2. The van der Waals surface area contributed by atoms with Crippen molar-refractivity contribution < 1.29 is 0 Å². The van der Waals surface area contributed by atoms with Crippen molar-refractivity contribution in [1.82, 2.24) is 9.55 Å². The van der Waals surface area contributed by atoms with Gasteiger partial charge < -0.3 is 4.57 Å². The van der Waals surface area contributed by atoms with Crippen LogP contribution in [0.15, 0.2) is 18.7 Å². The fourth-order valence-corrected chi connectivity index (χ4v) is 6.30. The third-order valence-electron chi connectivity index (χ3n) is 9.23. The van der Waals surface area contributed by atoms with Crippen LogP contribution in [-0.2, 0) is 5.54 Å². The summed E-state index contributed by atoms with van der Waals surface area (Å²) in [7, 11) is 0. The highest BCUT2D eigenvalue weighted by atomic mass is 15.1. The first-order chi connectivity index (χ1) is 18.6. The summed E-state index contributed by atoms with van der Waals surface area (Å²) in [5, 5.41) is 0. The summed E-state index contributed by atoms with van der Waals surface area (Å²) in [5.74, 6) is 0.757. The van der Waals surface area contributed by atoms with Gasteiger partial charge in [0.15, 0.2) is 0 Å². The van der Waals surface area contributed by atoms with Crippen LogP contribution in [0.2, 0.25) is 0 Å². The molecular weight excluding hydrogens is 460 g/mol. The van der Waals surface area contributed by atoms with Crippen LogP contribution in [0, 0.1) is 5.92 Å². The van der Waals surface area contributed by atoms with Gasteiger partial charge in [-0.2, -0.15) is 0 Å². The van der Waals surface area contributed by atoms with E-state index in [0.717, 1.165) is 5.92 Å². The molecule has 0 amide bonds.